The molecule has 0 unspecified atom stereocenters. The van der Waals surface area contributed by atoms with Gasteiger partial charge in [-0.2, -0.15) is 0 Å². The Morgan fingerprint density at radius 1 is 1.12 bits per heavy atom. The van der Waals surface area contributed by atoms with E-state index in [0.29, 0.717) is 42.7 Å². The molecule has 1 saturated heterocycles. The number of aliphatic hydroxyl groups excluding tert-OH is 1. The molecule has 4 saturated carbocycles. The van der Waals surface area contributed by atoms with Gasteiger partial charge in [0.05, 0.1) is 26.6 Å². The lowest BCUT2D eigenvalue weighted by atomic mass is 9.36. The van der Waals surface area contributed by atoms with E-state index >= 15 is 0 Å². The van der Waals surface area contributed by atoms with Crippen LogP contribution in [0, 0.1) is 39.9 Å². The van der Waals surface area contributed by atoms with E-state index in [9.17, 15) is 14.7 Å². The zero-order valence-corrected chi connectivity index (χ0v) is 27.3. The third-order valence-electron chi connectivity index (χ3n) is 13.0. The van der Waals surface area contributed by atoms with E-state index in [0.717, 1.165) is 57.6 Å². The van der Waals surface area contributed by atoms with Crippen LogP contribution in [0.15, 0.2) is 22.8 Å². The van der Waals surface area contributed by atoms with Gasteiger partial charge in [0.15, 0.2) is 0 Å². The van der Waals surface area contributed by atoms with Crippen molar-refractivity contribution in [3.8, 4) is 0 Å². The average Bonchev–Trinajstić information content (AvgIpc) is 3.53. The summed E-state index contributed by atoms with van der Waals surface area (Å²) in [6.45, 7) is 17.8. The van der Waals surface area contributed by atoms with E-state index in [2.05, 4.69) is 52.5 Å². The van der Waals surface area contributed by atoms with Crippen LogP contribution in [-0.2, 0) is 23.8 Å². The Balaban J connectivity index is 1.55. The largest absolute Gasteiger partial charge is 0.466 e. The number of ether oxygens (including phenoxy) is 3. The molecule has 7 nitrogen and oxygen atoms in total. The number of methoxy groups -OCH3 is 1. The van der Waals surface area contributed by atoms with Crippen LogP contribution in [-0.4, -0.2) is 67.2 Å². The highest BCUT2D eigenvalue weighted by molar-refractivity contribution is 5.90. The third kappa shape index (κ3) is 4.99. The van der Waals surface area contributed by atoms with Gasteiger partial charge in [-0.1, -0.05) is 39.3 Å². The summed E-state index contributed by atoms with van der Waals surface area (Å²) < 4.78 is 17.1. The van der Waals surface area contributed by atoms with E-state index in [1.165, 1.54) is 19.6 Å². The first-order chi connectivity index (χ1) is 19.8. The normalized spacial score (nSPS) is 44.5. The predicted octanol–water partition coefficient (Wildman–Crippen LogP) is 6.05. The third-order valence-corrected chi connectivity index (χ3v) is 13.0. The van der Waals surface area contributed by atoms with Gasteiger partial charge in [0.2, 0.25) is 0 Å². The highest BCUT2D eigenvalue weighted by atomic mass is 16.5. The van der Waals surface area contributed by atoms with Gasteiger partial charge in [0.25, 0.3) is 0 Å². The Morgan fingerprint density at radius 3 is 2.48 bits per heavy atom. The molecule has 0 aromatic carbocycles. The average molecular weight is 586 g/mol. The van der Waals surface area contributed by atoms with E-state index < -0.39 is 12.2 Å². The minimum Gasteiger partial charge on any atom is -0.466 e. The monoisotopic (exact) mass is 585 g/mol. The highest BCUT2D eigenvalue weighted by Crippen LogP contribution is 2.74. The van der Waals surface area contributed by atoms with Gasteiger partial charge in [0.1, 0.15) is 6.10 Å². The number of fused-ring (bicyclic) bond motifs is 5. The van der Waals surface area contributed by atoms with Gasteiger partial charge < -0.3 is 19.3 Å². The quantitative estimate of drug-likeness (QED) is 0.231. The first-order valence-corrected chi connectivity index (χ1v) is 16.4. The molecule has 1 aliphatic heterocycles. The zero-order valence-electron chi connectivity index (χ0n) is 27.3. The van der Waals surface area contributed by atoms with Crippen LogP contribution in [0.25, 0.3) is 0 Å². The number of rotatable bonds is 6. The van der Waals surface area contributed by atoms with Crippen molar-refractivity contribution in [2.24, 2.45) is 39.9 Å². The second kappa shape index (κ2) is 11.7. The molecular formula is C35H55NO6. The Hall–Kier alpha value is -1.70. The Labute approximate surface area is 253 Å². The second-order valence-corrected chi connectivity index (χ2v) is 15.2. The summed E-state index contributed by atoms with van der Waals surface area (Å²) in [5, 5.41) is 12.2. The maximum Gasteiger partial charge on any atom is 0.333 e. The number of hydrogen-bond acceptors (Lipinski definition) is 7. The molecule has 0 bridgehead atoms. The summed E-state index contributed by atoms with van der Waals surface area (Å²) >= 11 is 0. The highest BCUT2D eigenvalue weighted by Gasteiger charge is 2.71. The summed E-state index contributed by atoms with van der Waals surface area (Å²) in [6.07, 6.45) is 8.10. The molecular weight excluding hydrogens is 530 g/mol. The number of allylic oxidation sites excluding steroid dienone is 2. The van der Waals surface area contributed by atoms with Gasteiger partial charge in [-0.15, -0.1) is 0 Å². The smallest absolute Gasteiger partial charge is 0.333 e. The minimum absolute atomic E-state index is 0.0227. The fourth-order valence-electron chi connectivity index (χ4n) is 11.1. The fraction of sp³-hybridized carbons (Fsp3) is 0.829. The molecule has 0 amide bonds. The molecule has 10 atom stereocenters. The predicted molar refractivity (Wildman–Crippen MR) is 162 cm³/mol. The molecule has 0 radical (unpaired) electrons. The van der Waals surface area contributed by atoms with Crippen molar-refractivity contribution in [3.05, 3.63) is 22.8 Å². The standard InChI is InChI=1S/C35H55NO6/c1-21(2)10-9-11-24(32(39)40-8)30-26-18-28(38)31-33(5)14-13-27(36-16-17-41-20-36)22(3)25(33)12-15-34(31,6)35(26,7)19-29(30)42-23(4)37/h10,22,25-29,31,38H,9,11-20H2,1-8H3/b30-24-/t22-,25-,26-,27-,28+,29-,31-,33-,34-,35-/m0/s1. The molecule has 7 heteroatoms. The molecule has 4 aliphatic carbocycles. The van der Waals surface area contributed by atoms with E-state index in [1.807, 2.05) is 0 Å². The van der Waals surface area contributed by atoms with E-state index in [1.54, 1.807) is 0 Å². The summed E-state index contributed by atoms with van der Waals surface area (Å²) in [6, 6.07) is 0.539. The van der Waals surface area contributed by atoms with Crippen molar-refractivity contribution in [1.29, 1.82) is 0 Å². The summed E-state index contributed by atoms with van der Waals surface area (Å²) in [4.78, 5) is 28.3. The lowest BCUT2D eigenvalue weighted by Crippen LogP contribution is -2.66. The van der Waals surface area contributed by atoms with Gasteiger partial charge in [0, 0.05) is 25.1 Å². The molecule has 5 rings (SSSR count). The number of hydrogen-bond donors (Lipinski definition) is 1. The van der Waals surface area contributed by atoms with E-state index in [4.69, 9.17) is 14.2 Å². The van der Waals surface area contributed by atoms with Crippen molar-refractivity contribution < 1.29 is 28.9 Å². The molecule has 5 aliphatic rings. The van der Waals surface area contributed by atoms with Gasteiger partial charge >= 0.3 is 11.9 Å². The molecule has 5 fully saturated rings. The fourth-order valence-corrected chi connectivity index (χ4v) is 11.1. The van der Waals surface area contributed by atoms with Crippen LogP contribution < -0.4 is 0 Å². The first-order valence-electron chi connectivity index (χ1n) is 16.4. The van der Waals surface area contributed by atoms with Gasteiger partial charge in [-0.05, 0) is 111 Å². The van der Waals surface area contributed by atoms with Crippen molar-refractivity contribution in [2.45, 2.75) is 118 Å². The van der Waals surface area contributed by atoms with Crippen LogP contribution >= 0.6 is 0 Å². The minimum atomic E-state index is -0.484. The summed E-state index contributed by atoms with van der Waals surface area (Å²) in [7, 11) is 1.43. The lowest BCUT2D eigenvalue weighted by molar-refractivity contribution is -0.231. The van der Waals surface area contributed by atoms with Crippen LogP contribution in [0.3, 0.4) is 0 Å². The second-order valence-electron chi connectivity index (χ2n) is 15.2. The molecule has 0 aromatic rings. The van der Waals surface area contributed by atoms with Gasteiger partial charge in [-0.25, -0.2) is 4.79 Å². The molecule has 0 aromatic heterocycles. The van der Waals surface area contributed by atoms with Crippen molar-refractivity contribution >= 4 is 11.9 Å². The number of aliphatic hydroxyl groups is 1. The number of carbonyl (C=O) groups is 2. The SMILES string of the molecule is COC(=O)/C(CCC=C(C)C)=C1\[C@@H](OC(C)=O)C[C@@]2(C)[C@H]1C[C@@H](O)[C@H]1[C@@]3(C)CC[C@H](N4CCOC4)[C@@H](C)[C@@H]3CC[C@@]12C. The summed E-state index contributed by atoms with van der Waals surface area (Å²) in [5.74, 6) is 0.511. The Morgan fingerprint density at radius 2 is 1.86 bits per heavy atom. The van der Waals surface area contributed by atoms with Gasteiger partial charge in [-0.3, -0.25) is 9.69 Å². The molecule has 1 N–H and O–H groups in total. The van der Waals surface area contributed by atoms with Crippen molar-refractivity contribution in [1.82, 2.24) is 4.90 Å². The molecule has 0 spiro atoms. The van der Waals surface area contributed by atoms with Crippen molar-refractivity contribution in [3.63, 3.8) is 0 Å². The maximum atomic E-state index is 13.3. The van der Waals surface area contributed by atoms with Crippen LogP contribution in [0.2, 0.25) is 0 Å². The number of esters is 2. The molecule has 42 heavy (non-hydrogen) atoms. The van der Waals surface area contributed by atoms with Crippen molar-refractivity contribution in [2.75, 3.05) is 27.0 Å². The summed E-state index contributed by atoms with van der Waals surface area (Å²) in [5.41, 5.74) is 2.37. The molecule has 1 heterocycles. The van der Waals surface area contributed by atoms with E-state index in [-0.39, 0.29) is 40.0 Å². The lowest BCUT2D eigenvalue weighted by Gasteiger charge is -2.69. The molecule has 236 valence electrons. The Bertz CT molecular complexity index is 1120. The topological polar surface area (TPSA) is 85.3 Å². The number of carbonyl (C=O) groups excluding carboxylic acids is 2. The van der Waals surface area contributed by atoms with Crippen LogP contribution in [0.1, 0.15) is 99.8 Å². The zero-order chi connectivity index (χ0) is 30.6. The number of nitrogens with zero attached hydrogens (tertiary/aromatic N) is 1. The first kappa shape index (κ1) is 31.7. The van der Waals surface area contributed by atoms with Crippen LogP contribution in [0.5, 0.6) is 0 Å². The maximum absolute atomic E-state index is 13.3. The van der Waals surface area contributed by atoms with Crippen LogP contribution in [0.4, 0.5) is 0 Å². The Kier molecular flexibility index (Phi) is 8.81.